The minimum absolute atomic E-state index is 1.06. The summed E-state index contributed by atoms with van der Waals surface area (Å²) in [6.45, 7) is 4.22. The molecule has 0 saturated carbocycles. The van der Waals surface area contributed by atoms with E-state index in [4.69, 9.17) is 0 Å². The van der Waals surface area contributed by atoms with E-state index in [9.17, 15) is 0 Å². The van der Waals surface area contributed by atoms with E-state index in [1.807, 2.05) is 12.4 Å². The number of hydrogen-bond donors (Lipinski definition) is 0. The van der Waals surface area contributed by atoms with Gasteiger partial charge < -0.3 is 0 Å². The molecule has 1 heterocycles. The summed E-state index contributed by atoms with van der Waals surface area (Å²) in [6, 6.07) is 4.15. The first-order chi connectivity index (χ1) is 7.20. The Bertz CT molecular complexity index is 480. The third-order valence-electron chi connectivity index (χ3n) is 2.59. The van der Waals surface area contributed by atoms with Crippen molar-refractivity contribution >= 4 is 15.9 Å². The highest BCUT2D eigenvalue weighted by Gasteiger charge is 2.06. The molecular formula is C12H11BrN2. The molecule has 1 aromatic heterocycles. The predicted molar refractivity (Wildman–Crippen MR) is 64.6 cm³/mol. The average Bonchev–Trinajstić information content (AvgIpc) is 2.27. The van der Waals surface area contributed by atoms with Gasteiger partial charge in [0.25, 0.3) is 0 Å². The van der Waals surface area contributed by atoms with Gasteiger partial charge in [0.2, 0.25) is 0 Å². The maximum atomic E-state index is 4.03. The van der Waals surface area contributed by atoms with Crippen LogP contribution < -0.4 is 0 Å². The van der Waals surface area contributed by atoms with Gasteiger partial charge in [-0.2, -0.15) is 0 Å². The molecule has 0 radical (unpaired) electrons. The zero-order chi connectivity index (χ0) is 10.8. The number of nitrogens with zero attached hydrogens (tertiary/aromatic N) is 2. The molecule has 76 valence electrons. The van der Waals surface area contributed by atoms with Crippen molar-refractivity contribution in [1.82, 2.24) is 9.97 Å². The Balaban J connectivity index is 2.60. The second-order valence-electron chi connectivity index (χ2n) is 3.47. The van der Waals surface area contributed by atoms with Gasteiger partial charge in [-0.15, -0.1) is 0 Å². The largest absolute Gasteiger partial charge is 0.244 e. The summed E-state index contributed by atoms with van der Waals surface area (Å²) in [5.41, 5.74) is 4.78. The monoisotopic (exact) mass is 262 g/mol. The summed E-state index contributed by atoms with van der Waals surface area (Å²) in [6.07, 6.45) is 5.22. The van der Waals surface area contributed by atoms with E-state index in [0.29, 0.717) is 0 Å². The summed E-state index contributed by atoms with van der Waals surface area (Å²) in [7, 11) is 0. The Labute approximate surface area is 97.5 Å². The fraction of sp³-hybridized carbons (Fsp3) is 0.167. The van der Waals surface area contributed by atoms with Crippen LogP contribution in [-0.2, 0) is 0 Å². The third-order valence-corrected chi connectivity index (χ3v) is 3.45. The molecule has 0 aliphatic rings. The molecule has 0 atom stereocenters. The first-order valence-electron chi connectivity index (χ1n) is 4.71. The molecule has 0 N–H and O–H groups in total. The van der Waals surface area contributed by atoms with Crippen molar-refractivity contribution in [3.05, 3.63) is 46.5 Å². The van der Waals surface area contributed by atoms with Gasteiger partial charge >= 0.3 is 0 Å². The molecule has 2 aromatic rings. The van der Waals surface area contributed by atoms with Crippen molar-refractivity contribution < 1.29 is 0 Å². The minimum Gasteiger partial charge on any atom is -0.244 e. The molecule has 0 saturated heterocycles. The highest BCUT2D eigenvalue weighted by molar-refractivity contribution is 9.10. The zero-order valence-electron chi connectivity index (χ0n) is 8.66. The van der Waals surface area contributed by atoms with Gasteiger partial charge in [-0.3, -0.25) is 0 Å². The molecule has 0 spiro atoms. The van der Waals surface area contributed by atoms with Crippen LogP contribution in [0.2, 0.25) is 0 Å². The van der Waals surface area contributed by atoms with Crippen molar-refractivity contribution in [2.24, 2.45) is 0 Å². The van der Waals surface area contributed by atoms with Gasteiger partial charge in [-0.05, 0) is 36.6 Å². The van der Waals surface area contributed by atoms with Crippen molar-refractivity contribution in [2.45, 2.75) is 13.8 Å². The fourth-order valence-electron chi connectivity index (χ4n) is 1.54. The third kappa shape index (κ3) is 1.92. The van der Waals surface area contributed by atoms with Crippen LogP contribution in [0.4, 0.5) is 0 Å². The van der Waals surface area contributed by atoms with E-state index in [2.05, 4.69) is 51.9 Å². The van der Waals surface area contributed by atoms with Gasteiger partial charge in [0.05, 0.1) is 0 Å². The normalized spacial score (nSPS) is 10.3. The van der Waals surface area contributed by atoms with Gasteiger partial charge in [-0.1, -0.05) is 22.0 Å². The quantitative estimate of drug-likeness (QED) is 0.786. The molecule has 2 nitrogen and oxygen atoms in total. The number of aromatic nitrogens is 2. The van der Waals surface area contributed by atoms with Gasteiger partial charge in [0, 0.05) is 22.4 Å². The summed E-state index contributed by atoms with van der Waals surface area (Å²) in [5, 5.41) is 0. The summed E-state index contributed by atoms with van der Waals surface area (Å²) in [5.74, 6) is 0. The lowest BCUT2D eigenvalue weighted by molar-refractivity contribution is 1.16. The van der Waals surface area contributed by atoms with Crippen LogP contribution in [0.1, 0.15) is 11.1 Å². The molecule has 0 aliphatic carbocycles. The van der Waals surface area contributed by atoms with Crippen LogP contribution in [0.3, 0.4) is 0 Å². The Morgan fingerprint density at radius 2 is 1.67 bits per heavy atom. The average molecular weight is 263 g/mol. The summed E-state index contributed by atoms with van der Waals surface area (Å²) >= 11 is 3.52. The van der Waals surface area contributed by atoms with Crippen molar-refractivity contribution in [3.8, 4) is 11.1 Å². The van der Waals surface area contributed by atoms with Crippen molar-refractivity contribution in [1.29, 1.82) is 0 Å². The lowest BCUT2D eigenvalue weighted by Crippen LogP contribution is -1.89. The first-order valence-corrected chi connectivity index (χ1v) is 5.50. The first kappa shape index (κ1) is 10.3. The van der Waals surface area contributed by atoms with Crippen molar-refractivity contribution in [2.75, 3.05) is 0 Å². The Kier molecular flexibility index (Phi) is 2.82. The molecule has 0 unspecified atom stereocenters. The molecule has 1 aromatic carbocycles. The topological polar surface area (TPSA) is 25.8 Å². The van der Waals surface area contributed by atoms with E-state index >= 15 is 0 Å². The molecule has 0 amide bonds. The van der Waals surface area contributed by atoms with Crippen LogP contribution in [0.5, 0.6) is 0 Å². The molecule has 15 heavy (non-hydrogen) atoms. The maximum absolute atomic E-state index is 4.03. The van der Waals surface area contributed by atoms with E-state index in [-0.39, 0.29) is 0 Å². The molecule has 3 heteroatoms. The molecule has 2 rings (SSSR count). The highest BCUT2D eigenvalue weighted by atomic mass is 79.9. The lowest BCUT2D eigenvalue weighted by Gasteiger charge is -2.09. The van der Waals surface area contributed by atoms with Gasteiger partial charge in [0.1, 0.15) is 6.33 Å². The number of halogens is 1. The zero-order valence-corrected chi connectivity index (χ0v) is 10.2. The van der Waals surface area contributed by atoms with E-state index in [0.717, 1.165) is 10.0 Å². The molecular weight excluding hydrogens is 252 g/mol. The van der Waals surface area contributed by atoms with Crippen LogP contribution >= 0.6 is 15.9 Å². The predicted octanol–water partition coefficient (Wildman–Crippen LogP) is 3.52. The molecule has 0 fully saturated rings. The second-order valence-corrected chi connectivity index (χ2v) is 4.33. The Hall–Kier alpha value is -1.22. The molecule has 0 bridgehead atoms. The van der Waals surface area contributed by atoms with Crippen molar-refractivity contribution in [3.63, 3.8) is 0 Å². The van der Waals surface area contributed by atoms with Gasteiger partial charge in [0.15, 0.2) is 0 Å². The van der Waals surface area contributed by atoms with Crippen LogP contribution in [-0.4, -0.2) is 9.97 Å². The summed E-state index contributed by atoms with van der Waals surface area (Å²) < 4.78 is 1.14. The highest BCUT2D eigenvalue weighted by Crippen LogP contribution is 2.28. The maximum Gasteiger partial charge on any atom is 0.115 e. The van der Waals surface area contributed by atoms with Gasteiger partial charge in [-0.25, -0.2) is 9.97 Å². The fourth-order valence-corrected chi connectivity index (χ4v) is 1.97. The Morgan fingerprint density at radius 1 is 1.00 bits per heavy atom. The van der Waals surface area contributed by atoms with E-state index < -0.39 is 0 Å². The lowest BCUT2D eigenvalue weighted by atomic mass is 9.99. The number of benzene rings is 1. The standard InChI is InChI=1S/C12H11BrN2/c1-8-9(2)12(13)4-3-11(8)10-5-14-7-15-6-10/h3-7H,1-2H3. The number of rotatable bonds is 1. The van der Waals surface area contributed by atoms with E-state index in [1.54, 1.807) is 6.33 Å². The SMILES string of the molecule is Cc1c(Br)ccc(-c2cncnc2)c1C. The van der Waals surface area contributed by atoms with E-state index in [1.165, 1.54) is 16.7 Å². The second kappa shape index (κ2) is 4.11. The van der Waals surface area contributed by atoms with Crippen LogP contribution in [0.15, 0.2) is 35.3 Å². The summed E-state index contributed by atoms with van der Waals surface area (Å²) in [4.78, 5) is 8.06. The number of hydrogen-bond acceptors (Lipinski definition) is 2. The smallest absolute Gasteiger partial charge is 0.115 e. The Morgan fingerprint density at radius 3 is 2.33 bits per heavy atom. The molecule has 0 aliphatic heterocycles. The minimum atomic E-state index is 1.06. The van der Waals surface area contributed by atoms with Crippen LogP contribution in [0, 0.1) is 13.8 Å². The van der Waals surface area contributed by atoms with Crippen LogP contribution in [0.25, 0.3) is 11.1 Å².